The van der Waals surface area contributed by atoms with Crippen LogP contribution in [-0.2, 0) is 9.53 Å². The van der Waals surface area contributed by atoms with Gasteiger partial charge in [0.05, 0.1) is 17.7 Å². The zero-order chi connectivity index (χ0) is 20.0. The molecule has 27 heavy (non-hydrogen) atoms. The van der Waals surface area contributed by atoms with Crippen LogP contribution >= 0.6 is 23.2 Å². The van der Waals surface area contributed by atoms with Gasteiger partial charge in [-0.1, -0.05) is 29.3 Å². The van der Waals surface area contributed by atoms with Gasteiger partial charge >= 0.3 is 5.97 Å². The van der Waals surface area contributed by atoms with E-state index in [1.54, 1.807) is 0 Å². The van der Waals surface area contributed by atoms with Crippen molar-refractivity contribution in [2.24, 2.45) is 0 Å². The summed E-state index contributed by atoms with van der Waals surface area (Å²) in [4.78, 5) is 35.6. The zero-order valence-electron chi connectivity index (χ0n) is 13.8. The highest BCUT2D eigenvalue weighted by atomic mass is 35.5. The molecule has 0 saturated carbocycles. The number of methoxy groups -OCH3 is 1. The van der Waals surface area contributed by atoms with Crippen LogP contribution in [-0.4, -0.2) is 31.5 Å². The van der Waals surface area contributed by atoms with Crippen molar-refractivity contribution in [1.29, 1.82) is 0 Å². The van der Waals surface area contributed by atoms with Crippen LogP contribution in [0.15, 0.2) is 36.4 Å². The summed E-state index contributed by atoms with van der Waals surface area (Å²) in [5.41, 5.74) is 3.76. The van der Waals surface area contributed by atoms with Gasteiger partial charge in [0, 0.05) is 5.02 Å². The summed E-state index contributed by atoms with van der Waals surface area (Å²) in [6.45, 7) is -0.767. The fourth-order valence-corrected chi connectivity index (χ4v) is 2.40. The molecule has 0 aromatic heterocycles. The quantitative estimate of drug-likeness (QED) is 0.579. The second kappa shape index (κ2) is 9.20. The first-order valence-corrected chi connectivity index (χ1v) is 8.13. The minimum Gasteiger partial charge on any atom is -0.496 e. The molecule has 0 aliphatic carbocycles. The average Bonchev–Trinajstić information content (AvgIpc) is 2.64. The lowest BCUT2D eigenvalue weighted by molar-refractivity contribution is -0.125. The number of hydrogen-bond acceptors (Lipinski definition) is 5. The van der Waals surface area contributed by atoms with Crippen LogP contribution in [0, 0.1) is 5.82 Å². The number of ether oxygens (including phenoxy) is 2. The van der Waals surface area contributed by atoms with Gasteiger partial charge in [0.2, 0.25) is 0 Å². The van der Waals surface area contributed by atoms with Gasteiger partial charge in [-0.15, -0.1) is 0 Å². The van der Waals surface area contributed by atoms with Crippen molar-refractivity contribution in [1.82, 2.24) is 10.9 Å². The molecule has 7 nitrogen and oxygen atoms in total. The Labute approximate surface area is 163 Å². The van der Waals surface area contributed by atoms with E-state index in [9.17, 15) is 18.8 Å². The van der Waals surface area contributed by atoms with Crippen LogP contribution in [0.2, 0.25) is 10.0 Å². The van der Waals surface area contributed by atoms with Gasteiger partial charge in [-0.05, 0) is 30.3 Å². The number of carbonyl (C=O) groups excluding carboxylic acids is 3. The van der Waals surface area contributed by atoms with E-state index < -0.39 is 35.8 Å². The number of nitrogens with one attached hydrogen (secondary N) is 2. The number of benzene rings is 2. The normalized spacial score (nSPS) is 10.1. The van der Waals surface area contributed by atoms with Crippen molar-refractivity contribution < 1.29 is 28.2 Å². The van der Waals surface area contributed by atoms with Crippen molar-refractivity contribution in [2.45, 2.75) is 0 Å². The van der Waals surface area contributed by atoms with Crippen LogP contribution in [0.5, 0.6) is 5.75 Å². The molecule has 2 aromatic carbocycles. The van der Waals surface area contributed by atoms with Crippen LogP contribution in [0.4, 0.5) is 4.39 Å². The molecule has 0 bridgehead atoms. The van der Waals surface area contributed by atoms with Gasteiger partial charge in [0.15, 0.2) is 6.61 Å². The Morgan fingerprint density at radius 3 is 2.52 bits per heavy atom. The first-order chi connectivity index (χ1) is 12.8. The molecule has 0 spiro atoms. The molecule has 2 N–H and O–H groups in total. The summed E-state index contributed by atoms with van der Waals surface area (Å²) >= 11 is 11.6. The predicted octanol–water partition coefficient (Wildman–Crippen LogP) is 2.76. The summed E-state index contributed by atoms with van der Waals surface area (Å²) in [6.07, 6.45) is 0. The molecule has 2 rings (SSSR count). The van der Waals surface area contributed by atoms with E-state index in [0.29, 0.717) is 5.02 Å². The number of hydrogen-bond donors (Lipinski definition) is 2. The van der Waals surface area contributed by atoms with E-state index in [1.807, 2.05) is 5.43 Å². The van der Waals surface area contributed by atoms with Crippen LogP contribution in [0.3, 0.4) is 0 Å². The lowest BCUT2D eigenvalue weighted by Gasteiger charge is -2.11. The number of rotatable bonds is 5. The summed E-state index contributed by atoms with van der Waals surface area (Å²) in [7, 11) is 1.37. The minimum absolute atomic E-state index is 0.0837. The van der Waals surface area contributed by atoms with Crippen molar-refractivity contribution in [3.05, 3.63) is 63.4 Å². The van der Waals surface area contributed by atoms with E-state index in [4.69, 9.17) is 27.9 Å². The molecule has 0 radical (unpaired) electrons. The number of carbonyl (C=O) groups is 3. The minimum atomic E-state index is -1.11. The smallest absolute Gasteiger partial charge is 0.343 e. The molecule has 2 aromatic rings. The maximum absolute atomic E-state index is 13.6. The lowest BCUT2D eigenvalue weighted by atomic mass is 10.2. The summed E-state index contributed by atoms with van der Waals surface area (Å²) in [5, 5.41) is 0.143. The molecule has 0 aliphatic rings. The Balaban J connectivity index is 1.90. The lowest BCUT2D eigenvalue weighted by Crippen LogP contribution is -2.43. The predicted molar refractivity (Wildman–Crippen MR) is 95.3 cm³/mol. The van der Waals surface area contributed by atoms with Gasteiger partial charge in [-0.3, -0.25) is 20.4 Å². The molecule has 0 fully saturated rings. The summed E-state index contributed by atoms with van der Waals surface area (Å²) in [6, 6.07) is 8.02. The molecule has 0 unspecified atom stereocenters. The van der Waals surface area contributed by atoms with Crippen molar-refractivity contribution in [2.75, 3.05) is 13.7 Å². The van der Waals surface area contributed by atoms with Gasteiger partial charge in [-0.2, -0.15) is 0 Å². The third-order valence-electron chi connectivity index (χ3n) is 3.22. The Morgan fingerprint density at radius 1 is 1.11 bits per heavy atom. The zero-order valence-corrected chi connectivity index (χ0v) is 15.4. The van der Waals surface area contributed by atoms with Crippen molar-refractivity contribution in [3.8, 4) is 5.75 Å². The third kappa shape index (κ3) is 5.32. The van der Waals surface area contributed by atoms with E-state index in [0.717, 1.165) is 6.07 Å². The topological polar surface area (TPSA) is 93.7 Å². The maximum Gasteiger partial charge on any atom is 0.343 e. The number of halogens is 3. The highest BCUT2D eigenvalue weighted by Gasteiger charge is 2.19. The van der Waals surface area contributed by atoms with Crippen LogP contribution < -0.4 is 15.6 Å². The van der Waals surface area contributed by atoms with Gasteiger partial charge in [0.25, 0.3) is 11.8 Å². The van der Waals surface area contributed by atoms with Gasteiger partial charge < -0.3 is 9.47 Å². The van der Waals surface area contributed by atoms with Crippen molar-refractivity contribution >= 4 is 41.0 Å². The van der Waals surface area contributed by atoms with Gasteiger partial charge in [0.1, 0.15) is 17.1 Å². The second-order valence-electron chi connectivity index (χ2n) is 5.02. The summed E-state index contributed by atoms with van der Waals surface area (Å²) < 4.78 is 23.3. The summed E-state index contributed by atoms with van der Waals surface area (Å²) in [5.74, 6) is -3.31. The van der Waals surface area contributed by atoms with E-state index >= 15 is 0 Å². The van der Waals surface area contributed by atoms with Crippen LogP contribution in [0.1, 0.15) is 20.7 Å². The largest absolute Gasteiger partial charge is 0.496 e. The van der Waals surface area contributed by atoms with Crippen LogP contribution in [0.25, 0.3) is 0 Å². The molecular weight excluding hydrogens is 402 g/mol. The molecule has 10 heteroatoms. The first-order valence-electron chi connectivity index (χ1n) is 7.37. The average molecular weight is 415 g/mol. The van der Waals surface area contributed by atoms with E-state index in [-0.39, 0.29) is 16.3 Å². The number of amides is 2. The fraction of sp³-hybridized carbons (Fsp3) is 0.118. The Bertz CT molecular complexity index is 871. The molecule has 0 heterocycles. The maximum atomic E-state index is 13.6. The van der Waals surface area contributed by atoms with Gasteiger partial charge in [-0.25, -0.2) is 9.18 Å². The fourth-order valence-electron chi connectivity index (χ4n) is 1.98. The SMILES string of the molecule is COc1ccc(Cl)cc1C(=O)NNC(=O)COC(=O)c1c(F)cccc1Cl. The van der Waals surface area contributed by atoms with E-state index in [1.165, 1.54) is 37.4 Å². The van der Waals surface area contributed by atoms with E-state index in [2.05, 4.69) is 10.2 Å². The number of esters is 1. The standard InChI is InChI=1S/C17H13Cl2FN2O5/c1-26-13-6-5-9(18)7-10(13)16(24)22-21-14(23)8-27-17(25)15-11(19)3-2-4-12(15)20/h2-7H,8H2,1H3,(H,21,23)(H,22,24). The number of hydrazine groups is 1. The van der Waals surface area contributed by atoms with Crippen molar-refractivity contribution in [3.63, 3.8) is 0 Å². The highest BCUT2D eigenvalue weighted by Crippen LogP contribution is 2.22. The molecular formula is C17H13Cl2FN2O5. The Hall–Kier alpha value is -2.84. The molecule has 142 valence electrons. The third-order valence-corrected chi connectivity index (χ3v) is 3.77. The first kappa shape index (κ1) is 20.5. The monoisotopic (exact) mass is 414 g/mol. The molecule has 0 atom stereocenters. The molecule has 0 aliphatic heterocycles. The Morgan fingerprint density at radius 2 is 1.85 bits per heavy atom. The molecule has 0 saturated heterocycles. The Kier molecular flexibility index (Phi) is 6.98. The molecule has 2 amide bonds. The highest BCUT2D eigenvalue weighted by molar-refractivity contribution is 6.33. The second-order valence-corrected chi connectivity index (χ2v) is 5.86.